The fourth-order valence-electron chi connectivity index (χ4n) is 3.06. The lowest BCUT2D eigenvalue weighted by Crippen LogP contribution is -2.45. The molecule has 1 N–H and O–H groups in total. The number of benzene rings is 1. The molecule has 2 heterocycles. The molecule has 0 unspecified atom stereocenters. The molecule has 8 heteroatoms. The molecule has 1 atom stereocenters. The zero-order valence-corrected chi connectivity index (χ0v) is 14.9. The summed E-state index contributed by atoms with van der Waals surface area (Å²) in [6.07, 6.45) is 6.79. The van der Waals surface area contributed by atoms with Crippen LogP contribution in [0.3, 0.4) is 0 Å². The van der Waals surface area contributed by atoms with Gasteiger partial charge in [-0.05, 0) is 37.0 Å². The van der Waals surface area contributed by atoms with Crippen molar-refractivity contribution >= 4 is 15.9 Å². The molecule has 25 heavy (non-hydrogen) atoms. The van der Waals surface area contributed by atoms with Gasteiger partial charge in [0.25, 0.3) is 0 Å². The number of hydrogen-bond donors (Lipinski definition) is 1. The minimum Gasteiger partial charge on any atom is -0.354 e. The molecular formula is C17H22N4O3S. The fraction of sp³-hybridized carbons (Fsp3) is 0.412. The molecule has 0 bridgehead atoms. The third kappa shape index (κ3) is 4.26. The van der Waals surface area contributed by atoms with Gasteiger partial charge in [-0.3, -0.25) is 4.79 Å². The van der Waals surface area contributed by atoms with Crippen molar-refractivity contribution in [3.63, 3.8) is 0 Å². The van der Waals surface area contributed by atoms with Crippen LogP contribution in [0.4, 0.5) is 0 Å². The third-order valence-corrected chi connectivity index (χ3v) is 5.59. The summed E-state index contributed by atoms with van der Waals surface area (Å²) >= 11 is 0. The summed E-state index contributed by atoms with van der Waals surface area (Å²) in [5.41, 5.74) is 1.99. The zero-order valence-electron chi connectivity index (χ0n) is 14.1. The van der Waals surface area contributed by atoms with Crippen molar-refractivity contribution in [1.82, 2.24) is 19.4 Å². The van der Waals surface area contributed by atoms with Crippen molar-refractivity contribution < 1.29 is 13.2 Å². The van der Waals surface area contributed by atoms with E-state index in [2.05, 4.69) is 10.4 Å². The quantitative estimate of drug-likeness (QED) is 0.829. The summed E-state index contributed by atoms with van der Waals surface area (Å²) in [5.74, 6) is -0.224. The van der Waals surface area contributed by atoms with Gasteiger partial charge in [0.1, 0.15) is 6.04 Å². The second kappa shape index (κ2) is 7.37. The van der Waals surface area contributed by atoms with Crippen LogP contribution in [0.25, 0.3) is 5.69 Å². The first-order chi connectivity index (χ1) is 11.9. The third-order valence-electron chi connectivity index (χ3n) is 4.30. The standard InChI is InChI=1S/C17H22N4O3S/c1-25(23,24)21-11-5-8-16(21)17(22)18-10-9-14-12-19-20(13-14)15-6-3-2-4-7-15/h2-4,6-7,12-13,16H,5,8-11H2,1H3,(H,18,22)/t16-/m0/s1. The number of carbonyl (C=O) groups excluding carboxylic acids is 1. The number of para-hydroxylation sites is 1. The Balaban J connectivity index is 1.53. The molecule has 0 radical (unpaired) electrons. The van der Waals surface area contributed by atoms with Crippen LogP contribution in [-0.2, 0) is 21.2 Å². The SMILES string of the molecule is CS(=O)(=O)N1CCC[C@H]1C(=O)NCCc1cnn(-c2ccccc2)c1. The van der Waals surface area contributed by atoms with Gasteiger partial charge in [0, 0.05) is 19.3 Å². The Morgan fingerprint density at radius 2 is 2.08 bits per heavy atom. The minimum absolute atomic E-state index is 0.224. The molecule has 0 spiro atoms. The van der Waals surface area contributed by atoms with Crippen LogP contribution in [0, 0.1) is 0 Å². The molecule has 1 aromatic heterocycles. The molecule has 3 rings (SSSR count). The number of carbonyl (C=O) groups is 1. The van der Waals surface area contributed by atoms with Gasteiger partial charge in [-0.1, -0.05) is 18.2 Å². The van der Waals surface area contributed by atoms with Crippen LogP contribution < -0.4 is 5.32 Å². The Kier molecular flexibility index (Phi) is 5.19. The Labute approximate surface area is 147 Å². The molecule has 134 valence electrons. The second-order valence-corrected chi connectivity index (χ2v) is 8.14. The highest BCUT2D eigenvalue weighted by atomic mass is 32.2. The lowest BCUT2D eigenvalue weighted by molar-refractivity contribution is -0.124. The predicted molar refractivity (Wildman–Crippen MR) is 94.8 cm³/mol. The zero-order chi connectivity index (χ0) is 17.9. The average molecular weight is 362 g/mol. The van der Waals surface area contributed by atoms with E-state index in [0.717, 1.165) is 23.9 Å². The smallest absolute Gasteiger partial charge is 0.238 e. The Bertz CT molecular complexity index is 833. The maximum absolute atomic E-state index is 12.3. The largest absolute Gasteiger partial charge is 0.354 e. The number of sulfonamides is 1. The number of nitrogens with one attached hydrogen (secondary N) is 1. The molecular weight excluding hydrogens is 340 g/mol. The summed E-state index contributed by atoms with van der Waals surface area (Å²) in [5, 5.41) is 7.16. The second-order valence-electron chi connectivity index (χ2n) is 6.20. The minimum atomic E-state index is -3.34. The van der Waals surface area contributed by atoms with Crippen LogP contribution in [-0.4, -0.2) is 53.8 Å². The molecule has 1 amide bonds. The first-order valence-corrected chi connectivity index (χ1v) is 10.1. The first kappa shape index (κ1) is 17.6. The van der Waals surface area contributed by atoms with E-state index in [9.17, 15) is 13.2 Å². The fourth-order valence-corrected chi connectivity index (χ4v) is 4.18. The molecule has 7 nitrogen and oxygen atoms in total. The number of amides is 1. The summed E-state index contributed by atoms with van der Waals surface area (Å²) < 4.78 is 26.5. The number of hydrogen-bond acceptors (Lipinski definition) is 4. The van der Waals surface area contributed by atoms with E-state index < -0.39 is 16.1 Å². The molecule has 1 aliphatic rings. The van der Waals surface area contributed by atoms with E-state index >= 15 is 0 Å². The van der Waals surface area contributed by atoms with E-state index in [0.29, 0.717) is 25.9 Å². The summed E-state index contributed by atoms with van der Waals surface area (Å²) in [4.78, 5) is 12.3. The van der Waals surface area contributed by atoms with Gasteiger partial charge in [0.2, 0.25) is 15.9 Å². The average Bonchev–Trinajstić information content (AvgIpc) is 3.24. The molecule has 1 aliphatic heterocycles. The van der Waals surface area contributed by atoms with E-state index in [1.165, 1.54) is 4.31 Å². The summed E-state index contributed by atoms with van der Waals surface area (Å²) in [6.45, 7) is 0.869. The van der Waals surface area contributed by atoms with E-state index in [1.54, 1.807) is 10.9 Å². The maximum Gasteiger partial charge on any atom is 0.238 e. The van der Waals surface area contributed by atoms with Gasteiger partial charge >= 0.3 is 0 Å². The van der Waals surface area contributed by atoms with Gasteiger partial charge < -0.3 is 5.32 Å². The van der Waals surface area contributed by atoms with Crippen molar-refractivity contribution in [2.75, 3.05) is 19.3 Å². The highest BCUT2D eigenvalue weighted by Crippen LogP contribution is 2.20. The van der Waals surface area contributed by atoms with Crippen LogP contribution in [0.2, 0.25) is 0 Å². The van der Waals surface area contributed by atoms with Crippen molar-refractivity contribution in [3.8, 4) is 5.69 Å². The van der Waals surface area contributed by atoms with Crippen molar-refractivity contribution in [2.45, 2.75) is 25.3 Å². The predicted octanol–water partition coefficient (Wildman–Crippen LogP) is 0.955. The van der Waals surface area contributed by atoms with Gasteiger partial charge in [0.15, 0.2) is 0 Å². The molecule has 0 saturated carbocycles. The number of rotatable bonds is 6. The van der Waals surface area contributed by atoms with Crippen molar-refractivity contribution in [2.24, 2.45) is 0 Å². The molecule has 2 aromatic rings. The highest BCUT2D eigenvalue weighted by molar-refractivity contribution is 7.88. The Morgan fingerprint density at radius 1 is 1.32 bits per heavy atom. The summed E-state index contributed by atoms with van der Waals surface area (Å²) in [7, 11) is -3.34. The monoisotopic (exact) mass is 362 g/mol. The first-order valence-electron chi connectivity index (χ1n) is 8.28. The lowest BCUT2D eigenvalue weighted by Gasteiger charge is -2.21. The van der Waals surface area contributed by atoms with Crippen LogP contribution in [0.5, 0.6) is 0 Å². The lowest BCUT2D eigenvalue weighted by atomic mass is 10.2. The Hall–Kier alpha value is -2.19. The molecule has 1 aromatic carbocycles. The van der Waals surface area contributed by atoms with Crippen LogP contribution in [0.15, 0.2) is 42.7 Å². The maximum atomic E-state index is 12.3. The topological polar surface area (TPSA) is 84.3 Å². The van der Waals surface area contributed by atoms with Gasteiger partial charge in [-0.25, -0.2) is 13.1 Å². The molecule has 1 saturated heterocycles. The molecule has 0 aliphatic carbocycles. The van der Waals surface area contributed by atoms with Crippen LogP contribution in [0.1, 0.15) is 18.4 Å². The van der Waals surface area contributed by atoms with Gasteiger partial charge in [-0.2, -0.15) is 9.40 Å². The van der Waals surface area contributed by atoms with Crippen molar-refractivity contribution in [1.29, 1.82) is 0 Å². The van der Waals surface area contributed by atoms with E-state index in [-0.39, 0.29) is 5.91 Å². The van der Waals surface area contributed by atoms with Crippen LogP contribution >= 0.6 is 0 Å². The van der Waals surface area contributed by atoms with E-state index in [4.69, 9.17) is 0 Å². The van der Waals surface area contributed by atoms with Crippen molar-refractivity contribution in [3.05, 3.63) is 48.3 Å². The molecule has 1 fully saturated rings. The van der Waals surface area contributed by atoms with Gasteiger partial charge in [-0.15, -0.1) is 0 Å². The normalized spacial score (nSPS) is 18.4. The van der Waals surface area contributed by atoms with E-state index in [1.807, 2.05) is 36.5 Å². The number of nitrogens with zero attached hydrogens (tertiary/aromatic N) is 3. The summed E-state index contributed by atoms with van der Waals surface area (Å²) in [6, 6.07) is 9.21. The number of aromatic nitrogens is 2. The Morgan fingerprint density at radius 3 is 2.80 bits per heavy atom. The highest BCUT2D eigenvalue weighted by Gasteiger charge is 2.36. The van der Waals surface area contributed by atoms with Gasteiger partial charge in [0.05, 0.1) is 18.1 Å².